The summed E-state index contributed by atoms with van der Waals surface area (Å²) in [6.07, 6.45) is 2.01. The molecule has 0 atom stereocenters. The molecule has 0 amide bonds. The average molecular weight is 263 g/mol. The highest BCUT2D eigenvalue weighted by Gasteiger charge is 2.12. The standard InChI is InChI=1S/C16H25NO2/c1-13(2)9-10-14-7-5-6-8-15(14)16(18)19-12-11-17(3)4/h5-8,13H,9-12H2,1-4H3. The number of rotatable bonds is 7. The normalized spacial score (nSPS) is 11.1. The Kier molecular flexibility index (Phi) is 6.57. The van der Waals surface area contributed by atoms with Crippen molar-refractivity contribution < 1.29 is 9.53 Å². The molecule has 0 aliphatic heterocycles. The maximum Gasteiger partial charge on any atom is 0.338 e. The summed E-state index contributed by atoms with van der Waals surface area (Å²) in [4.78, 5) is 14.0. The van der Waals surface area contributed by atoms with Gasteiger partial charge < -0.3 is 9.64 Å². The Bertz CT molecular complexity index is 399. The summed E-state index contributed by atoms with van der Waals surface area (Å²) in [6.45, 7) is 5.57. The first-order valence-electron chi connectivity index (χ1n) is 6.90. The molecule has 0 saturated heterocycles. The fourth-order valence-corrected chi connectivity index (χ4v) is 1.78. The Labute approximate surface area is 116 Å². The van der Waals surface area contributed by atoms with Gasteiger partial charge in [-0.25, -0.2) is 4.79 Å². The summed E-state index contributed by atoms with van der Waals surface area (Å²) in [5.41, 5.74) is 1.80. The van der Waals surface area contributed by atoms with Gasteiger partial charge in [-0.3, -0.25) is 0 Å². The Balaban J connectivity index is 2.62. The van der Waals surface area contributed by atoms with E-state index in [1.807, 2.05) is 43.3 Å². The van der Waals surface area contributed by atoms with Crippen LogP contribution < -0.4 is 0 Å². The molecule has 0 heterocycles. The van der Waals surface area contributed by atoms with Gasteiger partial charge in [-0.1, -0.05) is 32.0 Å². The molecule has 0 unspecified atom stereocenters. The number of carbonyl (C=O) groups is 1. The lowest BCUT2D eigenvalue weighted by Crippen LogP contribution is -2.20. The highest BCUT2D eigenvalue weighted by molar-refractivity contribution is 5.91. The van der Waals surface area contributed by atoms with Gasteiger partial charge in [0.25, 0.3) is 0 Å². The number of aryl methyl sites for hydroxylation is 1. The summed E-state index contributed by atoms with van der Waals surface area (Å²) in [5, 5.41) is 0. The second kappa shape index (κ2) is 7.95. The molecule has 1 aromatic rings. The predicted octanol–water partition coefficient (Wildman–Crippen LogP) is 2.99. The first-order valence-corrected chi connectivity index (χ1v) is 6.90. The maximum absolute atomic E-state index is 12.1. The Morgan fingerprint density at radius 2 is 1.95 bits per heavy atom. The minimum Gasteiger partial charge on any atom is -0.461 e. The highest BCUT2D eigenvalue weighted by atomic mass is 16.5. The van der Waals surface area contributed by atoms with Gasteiger partial charge in [0.1, 0.15) is 6.61 Å². The zero-order chi connectivity index (χ0) is 14.3. The van der Waals surface area contributed by atoms with Crippen LogP contribution in [0.5, 0.6) is 0 Å². The third-order valence-corrected chi connectivity index (χ3v) is 3.00. The van der Waals surface area contributed by atoms with E-state index in [1.54, 1.807) is 0 Å². The van der Waals surface area contributed by atoms with Crippen molar-refractivity contribution in [2.24, 2.45) is 5.92 Å². The van der Waals surface area contributed by atoms with E-state index < -0.39 is 0 Å². The number of ether oxygens (including phenoxy) is 1. The Morgan fingerprint density at radius 3 is 2.58 bits per heavy atom. The van der Waals surface area contributed by atoms with Crippen LogP contribution in [0.25, 0.3) is 0 Å². The van der Waals surface area contributed by atoms with E-state index in [-0.39, 0.29) is 5.97 Å². The number of nitrogens with zero attached hydrogens (tertiary/aromatic N) is 1. The van der Waals surface area contributed by atoms with Gasteiger partial charge in [-0.15, -0.1) is 0 Å². The maximum atomic E-state index is 12.1. The summed E-state index contributed by atoms with van der Waals surface area (Å²) in [6, 6.07) is 7.74. The summed E-state index contributed by atoms with van der Waals surface area (Å²) < 4.78 is 5.31. The molecule has 3 heteroatoms. The van der Waals surface area contributed by atoms with Crippen LogP contribution in [0.2, 0.25) is 0 Å². The summed E-state index contributed by atoms with van der Waals surface area (Å²) >= 11 is 0. The van der Waals surface area contributed by atoms with E-state index in [9.17, 15) is 4.79 Å². The van der Waals surface area contributed by atoms with Crippen molar-refractivity contribution >= 4 is 5.97 Å². The van der Waals surface area contributed by atoms with Crippen molar-refractivity contribution in [3.63, 3.8) is 0 Å². The minimum absolute atomic E-state index is 0.207. The number of carbonyl (C=O) groups excluding carboxylic acids is 1. The van der Waals surface area contributed by atoms with Crippen molar-refractivity contribution in [1.82, 2.24) is 4.90 Å². The third-order valence-electron chi connectivity index (χ3n) is 3.00. The largest absolute Gasteiger partial charge is 0.461 e. The van der Waals surface area contributed by atoms with E-state index in [2.05, 4.69) is 13.8 Å². The van der Waals surface area contributed by atoms with E-state index in [1.165, 1.54) is 0 Å². The monoisotopic (exact) mass is 263 g/mol. The van der Waals surface area contributed by atoms with Gasteiger partial charge in [0.05, 0.1) is 5.56 Å². The highest BCUT2D eigenvalue weighted by Crippen LogP contribution is 2.15. The van der Waals surface area contributed by atoms with E-state index in [4.69, 9.17) is 4.74 Å². The summed E-state index contributed by atoms with van der Waals surface area (Å²) in [5.74, 6) is 0.430. The lowest BCUT2D eigenvalue weighted by atomic mass is 9.98. The van der Waals surface area contributed by atoms with E-state index in [0.29, 0.717) is 18.1 Å². The summed E-state index contributed by atoms with van der Waals surface area (Å²) in [7, 11) is 3.93. The molecule has 0 aliphatic rings. The van der Waals surface area contributed by atoms with Crippen LogP contribution >= 0.6 is 0 Å². The van der Waals surface area contributed by atoms with Crippen LogP contribution in [-0.2, 0) is 11.2 Å². The Morgan fingerprint density at radius 1 is 1.26 bits per heavy atom. The van der Waals surface area contributed by atoms with Crippen LogP contribution in [0.3, 0.4) is 0 Å². The molecule has 0 fully saturated rings. The minimum atomic E-state index is -0.207. The molecule has 0 saturated carbocycles. The molecule has 3 nitrogen and oxygen atoms in total. The van der Waals surface area contributed by atoms with Crippen molar-refractivity contribution in [3.8, 4) is 0 Å². The van der Waals surface area contributed by atoms with Crippen molar-refractivity contribution in [2.75, 3.05) is 27.2 Å². The molecule has 0 spiro atoms. The fourth-order valence-electron chi connectivity index (χ4n) is 1.78. The van der Waals surface area contributed by atoms with E-state index in [0.717, 1.165) is 24.9 Å². The van der Waals surface area contributed by atoms with Gasteiger partial charge in [-0.05, 0) is 44.5 Å². The first-order chi connectivity index (χ1) is 9.00. The average Bonchev–Trinajstić information content (AvgIpc) is 2.36. The third kappa shape index (κ3) is 5.88. The molecule has 0 N–H and O–H groups in total. The molecule has 0 aliphatic carbocycles. The smallest absolute Gasteiger partial charge is 0.338 e. The molecule has 106 valence electrons. The number of likely N-dealkylation sites (N-methyl/N-ethyl adjacent to an activating group) is 1. The number of benzene rings is 1. The molecule has 1 aromatic carbocycles. The Hall–Kier alpha value is -1.35. The van der Waals surface area contributed by atoms with Gasteiger partial charge in [0.15, 0.2) is 0 Å². The van der Waals surface area contributed by atoms with E-state index >= 15 is 0 Å². The van der Waals surface area contributed by atoms with Crippen molar-refractivity contribution in [2.45, 2.75) is 26.7 Å². The predicted molar refractivity (Wildman–Crippen MR) is 78.4 cm³/mol. The molecule has 19 heavy (non-hydrogen) atoms. The van der Waals surface area contributed by atoms with Gasteiger partial charge >= 0.3 is 5.97 Å². The SMILES string of the molecule is CC(C)CCc1ccccc1C(=O)OCCN(C)C. The molecule has 1 rings (SSSR count). The number of esters is 1. The second-order valence-electron chi connectivity index (χ2n) is 5.53. The lowest BCUT2D eigenvalue weighted by molar-refractivity contribution is 0.0480. The fraction of sp³-hybridized carbons (Fsp3) is 0.562. The van der Waals surface area contributed by atoms with Gasteiger partial charge in [0.2, 0.25) is 0 Å². The van der Waals surface area contributed by atoms with Crippen molar-refractivity contribution in [3.05, 3.63) is 35.4 Å². The van der Waals surface area contributed by atoms with Crippen LogP contribution in [0, 0.1) is 5.92 Å². The second-order valence-corrected chi connectivity index (χ2v) is 5.53. The topological polar surface area (TPSA) is 29.5 Å². The van der Waals surface area contributed by atoms with Crippen molar-refractivity contribution in [1.29, 1.82) is 0 Å². The zero-order valence-corrected chi connectivity index (χ0v) is 12.5. The van der Waals surface area contributed by atoms with Gasteiger partial charge in [-0.2, -0.15) is 0 Å². The molecular weight excluding hydrogens is 238 g/mol. The molecule has 0 bridgehead atoms. The van der Waals surface area contributed by atoms with Crippen LogP contribution in [0.1, 0.15) is 36.2 Å². The lowest BCUT2D eigenvalue weighted by Gasteiger charge is -2.12. The molecular formula is C16H25NO2. The number of hydrogen-bond acceptors (Lipinski definition) is 3. The van der Waals surface area contributed by atoms with Crippen LogP contribution in [-0.4, -0.2) is 38.1 Å². The van der Waals surface area contributed by atoms with Gasteiger partial charge in [0, 0.05) is 6.54 Å². The number of hydrogen-bond donors (Lipinski definition) is 0. The van der Waals surface area contributed by atoms with Crippen LogP contribution in [0.4, 0.5) is 0 Å². The first kappa shape index (κ1) is 15.7. The zero-order valence-electron chi connectivity index (χ0n) is 12.5. The quantitative estimate of drug-likeness (QED) is 0.708. The molecule has 0 aromatic heterocycles. The van der Waals surface area contributed by atoms with Crippen LogP contribution in [0.15, 0.2) is 24.3 Å². The molecule has 0 radical (unpaired) electrons.